The highest BCUT2D eigenvalue weighted by Gasteiger charge is 2.26. The Balaban J connectivity index is 1.74. The SMILES string of the molecule is Fc1ccc2cc1C1=C3N=C(C=CN3NC1)OCCCNCCN2. The monoisotopic (exact) mass is 329 g/mol. The summed E-state index contributed by atoms with van der Waals surface area (Å²) >= 11 is 0. The Kier molecular flexibility index (Phi) is 4.18. The number of ether oxygens (including phenoxy) is 1. The fraction of sp³-hybridized carbons (Fsp3) is 0.353. The third kappa shape index (κ3) is 3.00. The summed E-state index contributed by atoms with van der Waals surface area (Å²) in [5.41, 5.74) is 5.49. The van der Waals surface area contributed by atoms with Crippen LogP contribution in [0.2, 0.25) is 0 Å². The maximum Gasteiger partial charge on any atom is 0.216 e. The quantitative estimate of drug-likeness (QED) is 0.676. The molecular formula is C17H20FN5O. The number of aliphatic imine (C=N–C) groups is 1. The Hall–Kier alpha value is -2.38. The first-order valence-electron chi connectivity index (χ1n) is 8.21. The first-order chi connectivity index (χ1) is 11.8. The second kappa shape index (κ2) is 6.62. The van der Waals surface area contributed by atoms with E-state index < -0.39 is 0 Å². The van der Waals surface area contributed by atoms with E-state index in [0.29, 0.717) is 30.4 Å². The van der Waals surface area contributed by atoms with Crippen LogP contribution in [0.15, 0.2) is 41.3 Å². The van der Waals surface area contributed by atoms with Crippen molar-refractivity contribution >= 4 is 17.2 Å². The van der Waals surface area contributed by atoms with Crippen molar-refractivity contribution in [2.24, 2.45) is 4.99 Å². The number of hydrogen-bond acceptors (Lipinski definition) is 6. The van der Waals surface area contributed by atoms with Gasteiger partial charge in [-0.2, -0.15) is 4.99 Å². The number of fused-ring (bicyclic) bond motifs is 3. The van der Waals surface area contributed by atoms with Crippen LogP contribution in [-0.2, 0) is 4.74 Å². The van der Waals surface area contributed by atoms with Crippen LogP contribution in [0.5, 0.6) is 0 Å². The average Bonchev–Trinajstić information content (AvgIpc) is 3.01. The van der Waals surface area contributed by atoms with Crippen LogP contribution in [0.1, 0.15) is 12.0 Å². The highest BCUT2D eigenvalue weighted by molar-refractivity contribution is 5.91. The van der Waals surface area contributed by atoms with Crippen molar-refractivity contribution in [2.45, 2.75) is 6.42 Å². The van der Waals surface area contributed by atoms with Crippen molar-refractivity contribution in [2.75, 3.05) is 38.1 Å². The van der Waals surface area contributed by atoms with Gasteiger partial charge in [-0.05, 0) is 31.2 Å². The zero-order valence-electron chi connectivity index (χ0n) is 13.3. The predicted molar refractivity (Wildman–Crippen MR) is 91.7 cm³/mol. The van der Waals surface area contributed by atoms with Gasteiger partial charge < -0.3 is 15.4 Å². The van der Waals surface area contributed by atoms with E-state index in [1.165, 1.54) is 6.07 Å². The first-order valence-corrected chi connectivity index (χ1v) is 8.21. The molecule has 4 rings (SSSR count). The molecule has 0 amide bonds. The molecule has 1 aromatic rings. The van der Waals surface area contributed by atoms with E-state index in [1.54, 1.807) is 11.1 Å². The summed E-state index contributed by atoms with van der Waals surface area (Å²) in [7, 11) is 0. The molecule has 3 aliphatic heterocycles. The lowest BCUT2D eigenvalue weighted by Crippen LogP contribution is -2.29. The molecule has 0 saturated carbocycles. The van der Waals surface area contributed by atoms with Crippen molar-refractivity contribution < 1.29 is 9.13 Å². The molecule has 1 aromatic carbocycles. The van der Waals surface area contributed by atoms with Gasteiger partial charge in [-0.25, -0.2) is 9.82 Å². The molecule has 24 heavy (non-hydrogen) atoms. The van der Waals surface area contributed by atoms with Crippen LogP contribution in [0.4, 0.5) is 10.1 Å². The lowest BCUT2D eigenvalue weighted by Gasteiger charge is -2.19. The van der Waals surface area contributed by atoms with Gasteiger partial charge in [0.2, 0.25) is 5.90 Å². The van der Waals surface area contributed by atoms with E-state index in [2.05, 4.69) is 21.1 Å². The normalized spacial score (nSPS) is 20.7. The van der Waals surface area contributed by atoms with Gasteiger partial charge >= 0.3 is 0 Å². The molecule has 0 unspecified atom stereocenters. The smallest absolute Gasteiger partial charge is 0.216 e. The zero-order valence-corrected chi connectivity index (χ0v) is 13.3. The van der Waals surface area contributed by atoms with Crippen LogP contribution < -0.4 is 16.1 Å². The third-order valence-electron chi connectivity index (χ3n) is 4.18. The van der Waals surface area contributed by atoms with Crippen LogP contribution in [0.25, 0.3) is 5.57 Å². The number of anilines is 1. The standard InChI is InChI=1S/C17H20FN5O/c18-15-3-2-12-10-13(15)14-11-21-23-8-4-16(22-17(14)23)24-9-1-5-19-6-7-20-12/h2-4,8,10,19-21H,1,5-7,9,11H2. The highest BCUT2D eigenvalue weighted by Crippen LogP contribution is 2.31. The molecule has 3 aliphatic rings. The number of nitrogens with one attached hydrogen (secondary N) is 3. The van der Waals surface area contributed by atoms with E-state index in [0.717, 1.165) is 37.3 Å². The maximum atomic E-state index is 14.4. The number of benzene rings is 1. The van der Waals surface area contributed by atoms with E-state index in [4.69, 9.17) is 4.74 Å². The Bertz CT molecular complexity index is 728. The molecule has 0 aromatic heterocycles. The summed E-state index contributed by atoms with van der Waals surface area (Å²) < 4.78 is 20.1. The van der Waals surface area contributed by atoms with E-state index in [9.17, 15) is 4.39 Å². The molecule has 0 atom stereocenters. The largest absolute Gasteiger partial charge is 0.478 e. The molecular weight excluding hydrogens is 309 g/mol. The maximum absolute atomic E-state index is 14.4. The van der Waals surface area contributed by atoms with E-state index in [1.807, 2.05) is 18.3 Å². The Morgan fingerprint density at radius 1 is 1.21 bits per heavy atom. The van der Waals surface area contributed by atoms with Crippen molar-refractivity contribution in [3.63, 3.8) is 0 Å². The molecule has 4 bridgehead atoms. The summed E-state index contributed by atoms with van der Waals surface area (Å²) in [5, 5.41) is 8.49. The molecule has 7 heteroatoms. The number of halogens is 1. The second-order valence-corrected chi connectivity index (χ2v) is 5.85. The van der Waals surface area contributed by atoms with Gasteiger partial charge in [0.05, 0.1) is 6.61 Å². The molecule has 0 saturated heterocycles. The van der Waals surface area contributed by atoms with Crippen molar-refractivity contribution in [3.05, 3.63) is 47.7 Å². The van der Waals surface area contributed by atoms with Crippen molar-refractivity contribution in [1.82, 2.24) is 15.8 Å². The van der Waals surface area contributed by atoms with Crippen LogP contribution in [-0.4, -0.2) is 43.7 Å². The third-order valence-corrected chi connectivity index (χ3v) is 4.18. The van der Waals surface area contributed by atoms with E-state index in [-0.39, 0.29) is 5.82 Å². The molecule has 0 fully saturated rings. The summed E-state index contributed by atoms with van der Waals surface area (Å²) in [4.78, 5) is 4.55. The Morgan fingerprint density at radius 2 is 2.17 bits per heavy atom. The zero-order chi connectivity index (χ0) is 16.4. The summed E-state index contributed by atoms with van der Waals surface area (Å²) in [5.74, 6) is 1.00. The molecule has 0 spiro atoms. The number of hydrazine groups is 1. The van der Waals surface area contributed by atoms with Crippen LogP contribution >= 0.6 is 0 Å². The van der Waals surface area contributed by atoms with Gasteiger partial charge in [-0.3, -0.25) is 5.01 Å². The highest BCUT2D eigenvalue weighted by atomic mass is 19.1. The molecule has 3 N–H and O–H groups in total. The lowest BCUT2D eigenvalue weighted by atomic mass is 10.0. The minimum atomic E-state index is -0.249. The fourth-order valence-electron chi connectivity index (χ4n) is 2.94. The minimum Gasteiger partial charge on any atom is -0.478 e. The second-order valence-electron chi connectivity index (χ2n) is 5.85. The summed E-state index contributed by atoms with van der Waals surface area (Å²) in [6.07, 6.45) is 4.59. The van der Waals surface area contributed by atoms with Crippen LogP contribution in [0, 0.1) is 5.82 Å². The van der Waals surface area contributed by atoms with Gasteiger partial charge in [0.25, 0.3) is 0 Å². The number of nitrogens with zero attached hydrogens (tertiary/aromatic N) is 2. The lowest BCUT2D eigenvalue weighted by molar-refractivity contribution is 0.291. The van der Waals surface area contributed by atoms with E-state index >= 15 is 0 Å². The number of hydrogen-bond donors (Lipinski definition) is 3. The first kappa shape index (κ1) is 15.2. The topological polar surface area (TPSA) is 60.9 Å². The minimum absolute atomic E-state index is 0.249. The average molecular weight is 329 g/mol. The van der Waals surface area contributed by atoms with Gasteiger partial charge in [-0.1, -0.05) is 0 Å². The van der Waals surface area contributed by atoms with Gasteiger partial charge in [-0.15, -0.1) is 0 Å². The Labute approximate surface area is 140 Å². The predicted octanol–water partition coefficient (Wildman–Crippen LogP) is 1.66. The van der Waals surface area contributed by atoms with Gasteiger partial charge in [0, 0.05) is 48.7 Å². The number of rotatable bonds is 0. The van der Waals surface area contributed by atoms with Crippen molar-refractivity contribution in [3.8, 4) is 0 Å². The van der Waals surface area contributed by atoms with Crippen molar-refractivity contribution in [1.29, 1.82) is 0 Å². The summed E-state index contributed by atoms with van der Waals surface area (Å²) in [6, 6.07) is 5.11. The fourth-order valence-corrected chi connectivity index (χ4v) is 2.94. The molecule has 3 heterocycles. The summed E-state index contributed by atoms with van der Waals surface area (Å²) in [6.45, 7) is 3.64. The van der Waals surface area contributed by atoms with Gasteiger partial charge in [0.1, 0.15) is 5.82 Å². The molecule has 126 valence electrons. The molecule has 0 aliphatic carbocycles. The molecule has 0 radical (unpaired) electrons. The van der Waals surface area contributed by atoms with Gasteiger partial charge in [0.15, 0.2) is 5.82 Å². The van der Waals surface area contributed by atoms with Crippen LogP contribution in [0.3, 0.4) is 0 Å². The Morgan fingerprint density at radius 3 is 3.12 bits per heavy atom. The molecule has 6 nitrogen and oxygen atoms in total.